The van der Waals surface area contributed by atoms with Gasteiger partial charge in [-0.15, -0.1) is 6.58 Å². The van der Waals surface area contributed by atoms with Gasteiger partial charge in [0.15, 0.2) is 5.65 Å². The molecule has 6 rings (SSSR count). The summed E-state index contributed by atoms with van der Waals surface area (Å²) in [5.41, 5.74) is 3.56. The monoisotopic (exact) mass is 742 g/mol. The second-order valence-corrected chi connectivity index (χ2v) is 14.1. The molecule has 1 aliphatic rings. The van der Waals surface area contributed by atoms with Crippen LogP contribution < -0.4 is 4.90 Å². The predicted molar refractivity (Wildman–Crippen MR) is 207 cm³/mol. The van der Waals surface area contributed by atoms with Crippen LogP contribution in [0.4, 0.5) is 23.4 Å². The van der Waals surface area contributed by atoms with Crippen molar-refractivity contribution < 1.29 is 17.6 Å². The topological polar surface area (TPSA) is 92.6 Å². The molecular weight excluding hydrogens is 697 g/mol. The molecule has 0 spiro atoms. The maximum Gasteiger partial charge on any atom is 0.242 e. The fourth-order valence-electron chi connectivity index (χ4n) is 7.54. The largest absolute Gasteiger partial charge is 0.349 e. The first-order chi connectivity index (χ1) is 26.0. The third-order valence-electron chi connectivity index (χ3n) is 10.0. The first-order valence-corrected chi connectivity index (χ1v) is 18.1. The summed E-state index contributed by atoms with van der Waals surface area (Å²) in [7, 11) is 4.13. The van der Waals surface area contributed by atoms with Gasteiger partial charge in [0.1, 0.15) is 29.6 Å². The van der Waals surface area contributed by atoms with Crippen LogP contribution in [0.5, 0.6) is 0 Å². The van der Waals surface area contributed by atoms with Gasteiger partial charge < -0.3 is 14.4 Å². The third kappa shape index (κ3) is 8.28. The van der Waals surface area contributed by atoms with E-state index in [2.05, 4.69) is 68.7 Å². The minimum atomic E-state index is -2.66. The third-order valence-corrected chi connectivity index (χ3v) is 10.0. The van der Waals surface area contributed by atoms with Gasteiger partial charge in [-0.1, -0.05) is 19.4 Å². The summed E-state index contributed by atoms with van der Waals surface area (Å²) in [6.45, 7) is 14.6. The van der Waals surface area contributed by atoms with Crippen molar-refractivity contribution >= 4 is 40.3 Å². The van der Waals surface area contributed by atoms with Crippen LogP contribution in [-0.4, -0.2) is 92.8 Å². The molecule has 5 aromatic rings. The molecule has 54 heavy (non-hydrogen) atoms. The van der Waals surface area contributed by atoms with Gasteiger partial charge in [0, 0.05) is 56.5 Å². The van der Waals surface area contributed by atoms with Crippen molar-refractivity contribution in [3.63, 3.8) is 0 Å². The average Bonchev–Trinajstić information content (AvgIpc) is 3.83. The van der Waals surface area contributed by atoms with Crippen LogP contribution in [0.15, 0.2) is 77.8 Å². The van der Waals surface area contributed by atoms with Crippen molar-refractivity contribution in [3.8, 4) is 5.69 Å². The molecule has 0 radical (unpaired) electrons. The minimum absolute atomic E-state index is 0.0428. The van der Waals surface area contributed by atoms with Crippen LogP contribution in [0.3, 0.4) is 0 Å². The lowest BCUT2D eigenvalue weighted by molar-refractivity contribution is 0.149. The van der Waals surface area contributed by atoms with Crippen molar-refractivity contribution in [1.82, 2.24) is 34.2 Å². The SMILES string of the molecule is C=C[C@@H]1CC(CC/N=C(\C=C/N=C)c2cc(F)cc3nc(C)n(CC(CC)CN(C)C)c23)CN1c1ncnc2c1cnn2-c1ccc(F)cc1CC(F)F. The number of imidazole rings is 1. The normalized spacial score (nSPS) is 17.2. The van der Waals surface area contributed by atoms with E-state index < -0.39 is 18.7 Å². The summed E-state index contributed by atoms with van der Waals surface area (Å²) in [4.78, 5) is 27.1. The number of allylic oxidation sites excluding steroid dienone is 1. The Morgan fingerprint density at radius 1 is 1.13 bits per heavy atom. The number of alkyl halides is 2. The smallest absolute Gasteiger partial charge is 0.242 e. The molecule has 0 bridgehead atoms. The summed E-state index contributed by atoms with van der Waals surface area (Å²) in [6, 6.07) is 6.71. The van der Waals surface area contributed by atoms with Crippen LogP contribution >= 0.6 is 0 Å². The fraction of sp³-hybridized carbons (Fsp3) is 0.400. The van der Waals surface area contributed by atoms with E-state index in [9.17, 15) is 13.2 Å². The van der Waals surface area contributed by atoms with E-state index in [1.807, 2.05) is 13.0 Å². The molecule has 0 N–H and O–H groups in total. The molecule has 1 aliphatic heterocycles. The van der Waals surface area contributed by atoms with E-state index in [4.69, 9.17) is 9.98 Å². The van der Waals surface area contributed by atoms with Gasteiger partial charge in [0.05, 0.1) is 34.0 Å². The molecule has 3 aromatic heterocycles. The van der Waals surface area contributed by atoms with E-state index in [0.29, 0.717) is 58.3 Å². The summed E-state index contributed by atoms with van der Waals surface area (Å²) < 4.78 is 59.6. The molecule has 0 amide bonds. The number of rotatable bonds is 16. The molecular formula is C40H46F4N10. The lowest BCUT2D eigenvalue weighted by Crippen LogP contribution is -2.28. The number of halogens is 4. The lowest BCUT2D eigenvalue weighted by atomic mass is 10.0. The Kier molecular flexibility index (Phi) is 12.0. The summed E-state index contributed by atoms with van der Waals surface area (Å²) in [5.74, 6) is 1.06. The summed E-state index contributed by atoms with van der Waals surface area (Å²) in [5, 5.41) is 5.12. The maximum atomic E-state index is 15.1. The Bertz CT molecular complexity index is 2190. The first kappa shape index (κ1) is 38.5. The van der Waals surface area contributed by atoms with Crippen LogP contribution in [0.25, 0.3) is 27.8 Å². The fourth-order valence-corrected chi connectivity index (χ4v) is 7.54. The number of hydrogen-bond donors (Lipinski definition) is 0. The zero-order chi connectivity index (χ0) is 38.5. The molecule has 2 aromatic carbocycles. The number of hydrogen-bond acceptors (Lipinski definition) is 8. The van der Waals surface area contributed by atoms with Crippen molar-refractivity contribution in [2.75, 3.05) is 38.6 Å². The number of aliphatic imine (C=N–C) groups is 2. The molecule has 2 unspecified atom stereocenters. The number of aromatic nitrogens is 6. The highest BCUT2D eigenvalue weighted by Crippen LogP contribution is 2.35. The molecule has 10 nitrogen and oxygen atoms in total. The second kappa shape index (κ2) is 16.8. The van der Waals surface area contributed by atoms with Crippen LogP contribution in [-0.2, 0) is 13.0 Å². The van der Waals surface area contributed by atoms with Crippen molar-refractivity contribution in [2.24, 2.45) is 21.8 Å². The highest BCUT2D eigenvalue weighted by molar-refractivity contribution is 6.15. The highest BCUT2D eigenvalue weighted by Gasteiger charge is 2.33. The van der Waals surface area contributed by atoms with Gasteiger partial charge in [-0.05, 0) is 88.3 Å². The summed E-state index contributed by atoms with van der Waals surface area (Å²) >= 11 is 0. The van der Waals surface area contributed by atoms with Gasteiger partial charge in [-0.3, -0.25) is 9.98 Å². The first-order valence-electron chi connectivity index (χ1n) is 18.1. The Morgan fingerprint density at radius 3 is 2.67 bits per heavy atom. The van der Waals surface area contributed by atoms with E-state index in [1.165, 1.54) is 35.3 Å². The van der Waals surface area contributed by atoms with E-state index in [1.54, 1.807) is 18.5 Å². The van der Waals surface area contributed by atoms with Gasteiger partial charge in [-0.2, -0.15) is 5.10 Å². The molecule has 0 aliphatic carbocycles. The zero-order valence-corrected chi connectivity index (χ0v) is 31.1. The van der Waals surface area contributed by atoms with Crippen molar-refractivity contribution in [2.45, 2.75) is 58.5 Å². The van der Waals surface area contributed by atoms with Gasteiger partial charge in [0.25, 0.3) is 0 Å². The van der Waals surface area contributed by atoms with Gasteiger partial charge in [-0.25, -0.2) is 37.2 Å². The number of benzene rings is 2. The zero-order valence-electron chi connectivity index (χ0n) is 31.1. The Morgan fingerprint density at radius 2 is 1.94 bits per heavy atom. The van der Waals surface area contributed by atoms with Crippen molar-refractivity contribution in [3.05, 3.63) is 96.4 Å². The molecule has 14 heteroatoms. The van der Waals surface area contributed by atoms with Gasteiger partial charge in [0.2, 0.25) is 6.43 Å². The Balaban J connectivity index is 1.27. The molecule has 1 fully saturated rings. The number of anilines is 1. The summed E-state index contributed by atoms with van der Waals surface area (Å²) in [6.07, 6.45) is 7.50. The predicted octanol–water partition coefficient (Wildman–Crippen LogP) is 7.62. The Hall–Kier alpha value is -5.24. The molecule has 284 valence electrons. The average molecular weight is 743 g/mol. The van der Waals surface area contributed by atoms with E-state index in [0.717, 1.165) is 49.8 Å². The standard InChI is InChI=1S/C40H46F4N10/c1-7-26(21-51(5)6)22-52-25(3)50-35-19-30(42)18-32(38(35)52)34(12-13-45-4)46-14-11-27-15-31(8-2)53(23-27)39-33-20-49-54(40(33)48-24-47-39)36-10-9-29(41)16-28(36)17-37(43)44/h8-10,12-13,16,18-20,24,26-27,31,37H,2,4,7,11,14-15,17,21-23H2,1,3,5-6H3/b13-12-,46-34+/t26?,27?,31-/m1/s1. The maximum absolute atomic E-state index is 15.1. The molecule has 1 saturated heterocycles. The van der Waals surface area contributed by atoms with Crippen molar-refractivity contribution in [1.29, 1.82) is 0 Å². The van der Waals surface area contributed by atoms with E-state index in [-0.39, 0.29) is 23.3 Å². The molecule has 4 heterocycles. The van der Waals surface area contributed by atoms with Crippen LogP contribution in [0.2, 0.25) is 0 Å². The molecule has 3 atom stereocenters. The molecule has 0 saturated carbocycles. The number of aryl methyl sites for hydroxylation is 1. The van der Waals surface area contributed by atoms with E-state index >= 15 is 4.39 Å². The second-order valence-electron chi connectivity index (χ2n) is 14.1. The number of fused-ring (bicyclic) bond motifs is 2. The van der Waals surface area contributed by atoms with Crippen LogP contribution in [0, 0.1) is 30.4 Å². The van der Waals surface area contributed by atoms with Crippen LogP contribution in [0.1, 0.15) is 43.1 Å². The Labute approximate surface area is 312 Å². The highest BCUT2D eigenvalue weighted by atomic mass is 19.3. The number of nitrogens with zero attached hydrogens (tertiary/aromatic N) is 10. The minimum Gasteiger partial charge on any atom is -0.349 e. The lowest BCUT2D eigenvalue weighted by Gasteiger charge is -2.23. The van der Waals surface area contributed by atoms with Gasteiger partial charge >= 0.3 is 0 Å². The quantitative estimate of drug-likeness (QED) is 0.0587.